The smallest absolute Gasteiger partial charge is 0.224 e. The monoisotopic (exact) mass is 524 g/mol. The summed E-state index contributed by atoms with van der Waals surface area (Å²) < 4.78 is 20.1. The Labute approximate surface area is 227 Å². The van der Waals surface area contributed by atoms with E-state index in [0.717, 1.165) is 46.0 Å². The molecule has 1 aliphatic rings. The highest BCUT2D eigenvalue weighted by molar-refractivity contribution is 7.07. The van der Waals surface area contributed by atoms with Gasteiger partial charge in [-0.05, 0) is 25.7 Å². The number of unbranched alkanes of at least 4 members (excludes halogenated alkanes) is 16. The first-order valence-electron chi connectivity index (χ1n) is 15.6. The normalized spacial score (nSPS) is 17.8. The molecule has 1 aliphatic heterocycles. The van der Waals surface area contributed by atoms with Gasteiger partial charge in [0, 0.05) is 25.6 Å². The van der Waals surface area contributed by atoms with Gasteiger partial charge >= 0.3 is 0 Å². The lowest BCUT2D eigenvalue weighted by atomic mass is 10.0. The summed E-state index contributed by atoms with van der Waals surface area (Å²) in [6, 6.07) is 0. The lowest BCUT2D eigenvalue weighted by Gasteiger charge is -2.11. The van der Waals surface area contributed by atoms with Crippen molar-refractivity contribution < 1.29 is 18.8 Å². The van der Waals surface area contributed by atoms with Gasteiger partial charge in [0.15, 0.2) is 6.20 Å². The highest BCUT2D eigenvalue weighted by Crippen LogP contribution is 2.20. The van der Waals surface area contributed by atoms with Crippen molar-refractivity contribution >= 4 is 11.3 Å². The van der Waals surface area contributed by atoms with Gasteiger partial charge in [-0.25, -0.2) is 0 Å². The van der Waals surface area contributed by atoms with Gasteiger partial charge in [0.05, 0.1) is 31.3 Å². The zero-order valence-electron chi connectivity index (χ0n) is 23.6. The minimum absolute atomic E-state index is 0.278. The molecule has 1 aromatic heterocycles. The molecular weight excluding hydrogens is 466 g/mol. The Kier molecular flexibility index (Phi) is 20.8. The summed E-state index contributed by atoms with van der Waals surface area (Å²) >= 11 is 1.76. The van der Waals surface area contributed by atoms with Crippen LogP contribution < -0.4 is 4.57 Å². The van der Waals surface area contributed by atoms with Crippen LogP contribution in [0.15, 0.2) is 17.1 Å². The molecule has 0 aromatic carbocycles. The van der Waals surface area contributed by atoms with E-state index in [-0.39, 0.29) is 6.10 Å². The first kappa shape index (κ1) is 31.7. The van der Waals surface area contributed by atoms with E-state index in [1.165, 1.54) is 116 Å². The second-order valence-corrected chi connectivity index (χ2v) is 11.7. The molecule has 1 saturated heterocycles. The van der Waals surface area contributed by atoms with Crippen LogP contribution in [0.4, 0.5) is 0 Å². The molecule has 2 atom stereocenters. The van der Waals surface area contributed by atoms with Crippen LogP contribution in [0.5, 0.6) is 0 Å². The number of ether oxygens (including phenoxy) is 3. The minimum atomic E-state index is 0.278. The maximum Gasteiger partial charge on any atom is 0.224 e. The van der Waals surface area contributed by atoms with E-state index in [4.69, 9.17) is 14.2 Å². The molecule has 0 amide bonds. The predicted molar refractivity (Wildman–Crippen MR) is 153 cm³/mol. The van der Waals surface area contributed by atoms with Crippen LogP contribution in [0, 0.1) is 5.92 Å². The summed E-state index contributed by atoms with van der Waals surface area (Å²) in [6.45, 7) is 7.67. The highest BCUT2D eigenvalue weighted by Gasteiger charge is 2.25. The summed E-state index contributed by atoms with van der Waals surface area (Å²) in [5, 5.41) is 2.14. The van der Waals surface area contributed by atoms with Gasteiger partial charge in [-0.3, -0.25) is 0 Å². The Balaban J connectivity index is 1.25. The molecule has 1 aromatic rings. The first-order valence-corrected chi connectivity index (χ1v) is 16.5. The average Bonchev–Trinajstić information content (AvgIpc) is 3.58. The molecule has 2 heterocycles. The van der Waals surface area contributed by atoms with E-state index in [1.54, 1.807) is 11.3 Å². The van der Waals surface area contributed by atoms with Crippen molar-refractivity contribution in [2.75, 3.05) is 33.0 Å². The summed E-state index contributed by atoms with van der Waals surface area (Å²) in [4.78, 5) is 0. The average molecular weight is 525 g/mol. The Hall–Kier alpha value is -0.490. The van der Waals surface area contributed by atoms with E-state index in [2.05, 4.69) is 28.6 Å². The zero-order chi connectivity index (χ0) is 25.4. The maximum atomic E-state index is 5.93. The third-order valence-electron chi connectivity index (χ3n) is 7.45. The Morgan fingerprint density at radius 2 is 1.28 bits per heavy atom. The van der Waals surface area contributed by atoms with E-state index in [9.17, 15) is 0 Å². The van der Waals surface area contributed by atoms with Crippen molar-refractivity contribution in [3.8, 4) is 0 Å². The summed E-state index contributed by atoms with van der Waals surface area (Å²) in [5.74, 6) is 0.551. The summed E-state index contributed by atoms with van der Waals surface area (Å²) in [6.07, 6.45) is 28.1. The van der Waals surface area contributed by atoms with Crippen molar-refractivity contribution in [2.24, 2.45) is 5.92 Å². The third kappa shape index (κ3) is 17.9. The zero-order valence-corrected chi connectivity index (χ0v) is 24.5. The second kappa shape index (κ2) is 23.6. The topological polar surface area (TPSA) is 31.6 Å². The van der Waals surface area contributed by atoms with Gasteiger partial charge in [-0.15, -0.1) is 0 Å². The van der Waals surface area contributed by atoms with E-state index >= 15 is 0 Å². The molecule has 0 N–H and O–H groups in total. The van der Waals surface area contributed by atoms with Crippen LogP contribution in [0.2, 0.25) is 0 Å². The van der Waals surface area contributed by atoms with Crippen molar-refractivity contribution in [3.63, 3.8) is 0 Å². The fraction of sp³-hybridized carbons (Fsp3) is 0.903. The molecule has 36 heavy (non-hydrogen) atoms. The van der Waals surface area contributed by atoms with Crippen LogP contribution >= 0.6 is 11.3 Å². The molecule has 5 heteroatoms. The largest absolute Gasteiger partial charge is 0.381 e. The number of thiazole rings is 1. The summed E-state index contributed by atoms with van der Waals surface area (Å²) in [7, 11) is 0. The Bertz CT molecular complexity index is 568. The standard InChI is InChI=1S/C31H58NO3S/c1-2-3-4-5-6-7-8-9-10-11-12-13-15-18-23-34-28-31-25-30(27-35-31)26-33-22-19-16-14-17-20-32-21-24-36-29-32/h21,24,29-31H,2-20,22-23,25-28H2,1H3/q+1/t30-,31-/m0/s1. The number of rotatable bonds is 26. The van der Waals surface area contributed by atoms with Crippen LogP contribution in [-0.4, -0.2) is 39.1 Å². The van der Waals surface area contributed by atoms with Crippen LogP contribution in [0.3, 0.4) is 0 Å². The lowest BCUT2D eigenvalue weighted by Crippen LogP contribution is -2.29. The minimum Gasteiger partial charge on any atom is -0.381 e. The molecule has 4 nitrogen and oxygen atoms in total. The van der Waals surface area contributed by atoms with Crippen LogP contribution in [0.25, 0.3) is 0 Å². The number of nitrogens with zero attached hydrogens (tertiary/aromatic N) is 1. The molecule has 210 valence electrons. The number of hydrogen-bond donors (Lipinski definition) is 0. The van der Waals surface area contributed by atoms with Crippen molar-refractivity contribution in [1.29, 1.82) is 0 Å². The van der Waals surface area contributed by atoms with E-state index in [0.29, 0.717) is 5.92 Å². The Morgan fingerprint density at radius 1 is 0.722 bits per heavy atom. The Morgan fingerprint density at radius 3 is 1.86 bits per heavy atom. The molecule has 0 bridgehead atoms. The van der Waals surface area contributed by atoms with Crippen LogP contribution in [0.1, 0.15) is 129 Å². The number of hydrogen-bond acceptors (Lipinski definition) is 4. The SMILES string of the molecule is CCCCCCCCCCCCCCCCOC[C@@H]1C[C@@H](COCCCCCC[n+]2ccsc2)CO1. The molecule has 1 fully saturated rings. The van der Waals surface area contributed by atoms with Crippen molar-refractivity contribution in [3.05, 3.63) is 17.1 Å². The predicted octanol–water partition coefficient (Wildman–Crippen LogP) is 8.52. The number of aromatic nitrogens is 1. The fourth-order valence-corrected chi connectivity index (χ4v) is 5.75. The molecule has 2 rings (SSSR count). The van der Waals surface area contributed by atoms with Crippen molar-refractivity contribution in [1.82, 2.24) is 0 Å². The first-order chi connectivity index (χ1) is 17.9. The quantitative estimate of drug-likeness (QED) is 0.0899. The van der Waals surface area contributed by atoms with Gasteiger partial charge in [0.25, 0.3) is 0 Å². The fourth-order valence-electron chi connectivity index (χ4n) is 5.12. The maximum absolute atomic E-state index is 5.93. The van der Waals surface area contributed by atoms with Crippen molar-refractivity contribution in [2.45, 2.75) is 142 Å². The van der Waals surface area contributed by atoms with Gasteiger partial charge in [0.2, 0.25) is 5.51 Å². The molecule has 0 radical (unpaired) electrons. The molecular formula is C31H58NO3S+. The van der Waals surface area contributed by atoms with Gasteiger partial charge in [0.1, 0.15) is 6.54 Å². The molecule has 0 spiro atoms. The molecule has 0 aliphatic carbocycles. The van der Waals surface area contributed by atoms with E-state index < -0.39 is 0 Å². The van der Waals surface area contributed by atoms with E-state index in [1.807, 2.05) is 0 Å². The molecule has 0 saturated carbocycles. The highest BCUT2D eigenvalue weighted by atomic mass is 32.1. The third-order valence-corrected chi connectivity index (χ3v) is 8.12. The number of aryl methyl sites for hydroxylation is 1. The van der Waals surface area contributed by atoms with Gasteiger partial charge < -0.3 is 14.2 Å². The van der Waals surface area contributed by atoms with Gasteiger partial charge in [-0.1, -0.05) is 108 Å². The second-order valence-electron chi connectivity index (χ2n) is 11.0. The van der Waals surface area contributed by atoms with Gasteiger partial charge in [-0.2, -0.15) is 4.57 Å². The lowest BCUT2D eigenvalue weighted by molar-refractivity contribution is -0.692. The summed E-state index contributed by atoms with van der Waals surface area (Å²) in [5.41, 5.74) is 2.19. The van der Waals surface area contributed by atoms with Crippen LogP contribution in [-0.2, 0) is 20.8 Å². The molecule has 0 unspecified atom stereocenters.